The molecule has 0 N–H and O–H groups in total. The van der Waals surface area contributed by atoms with Gasteiger partial charge in [0.25, 0.3) is 0 Å². The maximum absolute atomic E-state index is 0. The van der Waals surface area contributed by atoms with Crippen LogP contribution in [0.15, 0.2) is 0 Å². The third-order valence-electron chi connectivity index (χ3n) is 0. The van der Waals surface area contributed by atoms with Gasteiger partial charge in [0, 0.05) is 39.0 Å². The van der Waals surface area contributed by atoms with E-state index in [0.717, 1.165) is 0 Å². The minimum Gasteiger partial charge on any atom is 0 e. The predicted molar refractivity (Wildman–Crippen MR) is 17.1 cm³/mol. The molecular formula is H4CaSeZn2. The maximum atomic E-state index is 0. The van der Waals surface area contributed by atoms with Crippen LogP contribution in [0.3, 0.4) is 0 Å². The summed E-state index contributed by atoms with van der Waals surface area (Å²) in [4.78, 5) is 0. The first-order valence-corrected chi connectivity index (χ1v) is 0. The third-order valence-corrected chi connectivity index (χ3v) is 0. The molecule has 4 heteroatoms. The van der Waals surface area contributed by atoms with Crippen LogP contribution >= 0.6 is 0 Å². The van der Waals surface area contributed by atoms with Gasteiger partial charge in [0.1, 0.15) is 0 Å². The van der Waals surface area contributed by atoms with Crippen LogP contribution in [-0.2, 0) is 39.0 Å². The smallest absolute Gasteiger partial charge is 0 e. The van der Waals surface area contributed by atoms with Crippen LogP contribution < -0.4 is 0 Å². The van der Waals surface area contributed by atoms with Crippen molar-refractivity contribution in [2.75, 3.05) is 0 Å². The number of rotatable bonds is 0. The first-order chi connectivity index (χ1) is 0. The molecule has 0 unspecified atom stereocenters. The van der Waals surface area contributed by atoms with Crippen LogP contribution in [0.25, 0.3) is 0 Å². The number of hydrogen-bond acceptors (Lipinski definition) is 0. The van der Waals surface area contributed by atoms with Crippen molar-refractivity contribution in [3.05, 3.63) is 0 Å². The molecule has 0 aromatic heterocycles. The van der Waals surface area contributed by atoms with E-state index in [1.807, 2.05) is 0 Å². The molecule has 4 heavy (non-hydrogen) atoms. The van der Waals surface area contributed by atoms with Crippen molar-refractivity contribution in [3.8, 4) is 0 Å². The van der Waals surface area contributed by atoms with E-state index in [9.17, 15) is 0 Å². The molecule has 0 aromatic carbocycles. The fourth-order valence-corrected chi connectivity index (χ4v) is 0. The Balaban J connectivity index is 0. The van der Waals surface area contributed by atoms with Crippen molar-refractivity contribution in [1.29, 1.82) is 0 Å². The molecule has 0 aliphatic heterocycles. The average Bonchev–Trinajstić information content (AvgIpc) is 0. The summed E-state index contributed by atoms with van der Waals surface area (Å²) in [6.07, 6.45) is 0. The van der Waals surface area contributed by atoms with Gasteiger partial charge in [-0.3, -0.25) is 0 Å². The molecule has 0 fully saturated rings. The molecule has 0 aliphatic carbocycles. The minimum atomic E-state index is 0. The van der Waals surface area contributed by atoms with Gasteiger partial charge >= 0.3 is 54.8 Å². The molecule has 0 radical (unpaired) electrons. The Morgan fingerprint density at radius 2 is 0.750 bits per heavy atom. The van der Waals surface area contributed by atoms with E-state index in [0.29, 0.717) is 0 Å². The topological polar surface area (TPSA) is 0 Å². The van der Waals surface area contributed by atoms with Crippen LogP contribution in [0.4, 0.5) is 0 Å². The van der Waals surface area contributed by atoms with Gasteiger partial charge in [-0.25, -0.2) is 0 Å². The molecule has 0 aromatic rings. The van der Waals surface area contributed by atoms with Gasteiger partial charge in [-0.2, -0.15) is 0 Å². The normalized spacial score (nSPS) is 0. The van der Waals surface area contributed by atoms with Crippen LogP contribution in [0.2, 0.25) is 0 Å². The van der Waals surface area contributed by atoms with Gasteiger partial charge in [0.05, 0.1) is 0 Å². The van der Waals surface area contributed by atoms with Gasteiger partial charge in [0.15, 0.2) is 0 Å². The Hall–Kier alpha value is 3.03. The fourth-order valence-electron chi connectivity index (χ4n) is 0. The van der Waals surface area contributed by atoms with E-state index in [-0.39, 0.29) is 93.8 Å². The van der Waals surface area contributed by atoms with Crippen LogP contribution in [0.5, 0.6) is 0 Å². The zero-order valence-electron chi connectivity index (χ0n) is 1.91. The van der Waals surface area contributed by atoms with E-state index in [1.165, 1.54) is 0 Å². The quantitative estimate of drug-likeness (QED) is 0.446. The van der Waals surface area contributed by atoms with E-state index in [2.05, 4.69) is 0 Å². The summed E-state index contributed by atoms with van der Waals surface area (Å²) in [7, 11) is 0. The second kappa shape index (κ2) is 16.6. The Morgan fingerprint density at radius 1 is 0.750 bits per heavy atom. The predicted octanol–water partition coefficient (Wildman–Crippen LogP) is -1.84. The van der Waals surface area contributed by atoms with Gasteiger partial charge < -0.3 is 0 Å². The molecule has 0 spiro atoms. The zero-order chi connectivity index (χ0) is 0. The minimum absolute atomic E-state index is 0. The zero-order valence-corrected chi connectivity index (χ0v) is 9.95. The van der Waals surface area contributed by atoms with E-state index >= 15 is 0 Å². The average molecular weight is 254 g/mol. The van der Waals surface area contributed by atoms with Crippen molar-refractivity contribution in [1.82, 2.24) is 0 Å². The molecule has 16 valence electrons. The summed E-state index contributed by atoms with van der Waals surface area (Å²) in [6, 6.07) is 0. The van der Waals surface area contributed by atoms with Crippen LogP contribution in [-0.4, -0.2) is 54.8 Å². The molecule has 0 rings (SSSR count). The van der Waals surface area contributed by atoms with Crippen molar-refractivity contribution >= 4 is 54.8 Å². The van der Waals surface area contributed by atoms with Gasteiger partial charge in [0.2, 0.25) is 0 Å². The van der Waals surface area contributed by atoms with E-state index in [1.54, 1.807) is 0 Å². The molecule has 0 aliphatic rings. The van der Waals surface area contributed by atoms with Gasteiger partial charge in [-0.1, -0.05) is 0 Å². The van der Waals surface area contributed by atoms with Crippen LogP contribution in [0, 0.1) is 0 Å². The second-order valence-corrected chi connectivity index (χ2v) is 0. The summed E-state index contributed by atoms with van der Waals surface area (Å²) < 4.78 is 0. The SMILES string of the molecule is [CaH2].[SeH2].[Zn].[Zn]. The Labute approximate surface area is 91.8 Å². The Kier molecular flexibility index (Phi) is 116. The van der Waals surface area contributed by atoms with Crippen LogP contribution in [0.1, 0.15) is 0 Å². The van der Waals surface area contributed by atoms with E-state index < -0.39 is 0 Å². The summed E-state index contributed by atoms with van der Waals surface area (Å²) in [5, 5.41) is 0. The molecule has 0 amide bonds. The Morgan fingerprint density at radius 3 is 0.750 bits per heavy atom. The molecule has 0 nitrogen and oxygen atoms in total. The molecule has 0 saturated heterocycles. The van der Waals surface area contributed by atoms with Crippen molar-refractivity contribution in [2.45, 2.75) is 0 Å². The summed E-state index contributed by atoms with van der Waals surface area (Å²) in [5.74, 6) is 0. The van der Waals surface area contributed by atoms with Gasteiger partial charge in [-0.05, 0) is 0 Å². The standard InChI is InChI=1S/Ca.H2Se.2Zn.2H/h;1H2;;;;. The molecular weight excluding hydrogens is 250 g/mol. The second-order valence-electron chi connectivity index (χ2n) is 0. The summed E-state index contributed by atoms with van der Waals surface area (Å²) >= 11 is 0. The largest absolute Gasteiger partial charge is 0 e. The third kappa shape index (κ3) is 8.90. The molecule has 0 atom stereocenters. The fraction of sp³-hybridized carbons (Fsp3) is 0. The van der Waals surface area contributed by atoms with Crippen molar-refractivity contribution in [2.24, 2.45) is 0 Å². The first kappa shape index (κ1) is 27.9. The molecule has 0 bridgehead atoms. The van der Waals surface area contributed by atoms with Crippen molar-refractivity contribution in [3.63, 3.8) is 0 Å². The van der Waals surface area contributed by atoms with Crippen molar-refractivity contribution < 1.29 is 39.0 Å². The van der Waals surface area contributed by atoms with E-state index in [4.69, 9.17) is 0 Å². The summed E-state index contributed by atoms with van der Waals surface area (Å²) in [5.41, 5.74) is 0. The summed E-state index contributed by atoms with van der Waals surface area (Å²) in [6.45, 7) is 0. The first-order valence-electron chi connectivity index (χ1n) is 0. The molecule has 0 heterocycles. The molecule has 0 saturated carbocycles. The monoisotopic (exact) mass is 252 g/mol. The van der Waals surface area contributed by atoms with Gasteiger partial charge in [-0.15, -0.1) is 0 Å². The maximum Gasteiger partial charge on any atom is 0 e. The number of hydrogen-bond donors (Lipinski definition) is 0. The Bertz CT molecular complexity index is 6.00.